The van der Waals surface area contributed by atoms with Crippen LogP contribution in [-0.2, 0) is 6.54 Å². The molecule has 0 aliphatic heterocycles. The normalized spacial score (nSPS) is 10.0. The minimum Gasteiger partial charge on any atom is -0.383 e. The number of aromatic nitrogens is 1. The van der Waals surface area contributed by atoms with Crippen LogP contribution in [0.5, 0.6) is 0 Å². The van der Waals surface area contributed by atoms with Crippen molar-refractivity contribution >= 4 is 22.3 Å². The predicted octanol–water partition coefficient (Wildman–Crippen LogP) is 2.34. The molecule has 0 saturated heterocycles. The van der Waals surface area contributed by atoms with Gasteiger partial charge in [-0.05, 0) is 5.56 Å². The van der Waals surface area contributed by atoms with E-state index in [1.54, 1.807) is 0 Å². The zero-order valence-corrected chi connectivity index (χ0v) is 8.42. The molecule has 0 saturated carbocycles. The molecule has 72 valence electrons. The number of thiazole rings is 1. The zero-order valence-electron chi connectivity index (χ0n) is 7.60. The molecule has 14 heavy (non-hydrogen) atoms. The van der Waals surface area contributed by atoms with Gasteiger partial charge in [0.2, 0.25) is 0 Å². The van der Waals surface area contributed by atoms with Crippen LogP contribution in [0.25, 0.3) is 0 Å². The van der Waals surface area contributed by atoms with E-state index in [-0.39, 0.29) is 0 Å². The molecule has 2 rings (SSSR count). The SMILES string of the molecule is Nc1csc(NCc2ccccc2)n1. The second-order valence-electron chi connectivity index (χ2n) is 2.92. The fourth-order valence-corrected chi connectivity index (χ4v) is 1.74. The highest BCUT2D eigenvalue weighted by Gasteiger charge is 1.97. The summed E-state index contributed by atoms with van der Waals surface area (Å²) in [7, 11) is 0. The maximum atomic E-state index is 5.51. The number of hydrogen-bond acceptors (Lipinski definition) is 4. The third kappa shape index (κ3) is 2.23. The molecule has 0 amide bonds. The van der Waals surface area contributed by atoms with Crippen LogP contribution in [0.2, 0.25) is 0 Å². The Morgan fingerprint density at radius 3 is 2.71 bits per heavy atom. The highest BCUT2D eigenvalue weighted by Crippen LogP contribution is 2.17. The monoisotopic (exact) mass is 205 g/mol. The lowest BCUT2D eigenvalue weighted by molar-refractivity contribution is 1.14. The lowest BCUT2D eigenvalue weighted by Crippen LogP contribution is -1.98. The molecule has 0 unspecified atom stereocenters. The van der Waals surface area contributed by atoms with Gasteiger partial charge in [0.05, 0.1) is 0 Å². The summed E-state index contributed by atoms with van der Waals surface area (Å²) in [6.07, 6.45) is 0. The van der Waals surface area contributed by atoms with Crippen LogP contribution in [0, 0.1) is 0 Å². The first-order chi connectivity index (χ1) is 6.84. The van der Waals surface area contributed by atoms with E-state index < -0.39 is 0 Å². The van der Waals surface area contributed by atoms with Crippen LogP contribution in [-0.4, -0.2) is 4.98 Å². The summed E-state index contributed by atoms with van der Waals surface area (Å²) in [5.74, 6) is 0.575. The molecule has 1 aromatic heterocycles. The van der Waals surface area contributed by atoms with Crippen molar-refractivity contribution in [3.8, 4) is 0 Å². The highest BCUT2D eigenvalue weighted by atomic mass is 32.1. The lowest BCUT2D eigenvalue weighted by Gasteiger charge is -2.01. The predicted molar refractivity (Wildman–Crippen MR) is 60.3 cm³/mol. The summed E-state index contributed by atoms with van der Waals surface area (Å²) in [6.45, 7) is 0.786. The molecule has 1 heterocycles. The maximum absolute atomic E-state index is 5.51. The van der Waals surface area contributed by atoms with Crippen molar-refractivity contribution in [2.75, 3.05) is 11.1 Å². The van der Waals surface area contributed by atoms with Crippen molar-refractivity contribution in [2.45, 2.75) is 6.54 Å². The van der Waals surface area contributed by atoms with Gasteiger partial charge < -0.3 is 11.1 Å². The van der Waals surface area contributed by atoms with Crippen LogP contribution >= 0.6 is 11.3 Å². The van der Waals surface area contributed by atoms with Gasteiger partial charge in [-0.2, -0.15) is 0 Å². The Morgan fingerprint density at radius 1 is 1.29 bits per heavy atom. The first-order valence-corrected chi connectivity index (χ1v) is 5.21. The van der Waals surface area contributed by atoms with Crippen LogP contribution in [0.15, 0.2) is 35.7 Å². The van der Waals surface area contributed by atoms with Crippen molar-refractivity contribution in [3.05, 3.63) is 41.3 Å². The van der Waals surface area contributed by atoms with Crippen molar-refractivity contribution in [1.29, 1.82) is 0 Å². The molecule has 0 radical (unpaired) electrons. The second kappa shape index (κ2) is 4.11. The molecule has 4 heteroatoms. The van der Waals surface area contributed by atoms with Crippen LogP contribution in [0.4, 0.5) is 10.9 Å². The van der Waals surface area contributed by atoms with E-state index in [1.807, 2.05) is 23.6 Å². The van der Waals surface area contributed by atoms with E-state index in [0.717, 1.165) is 11.7 Å². The van der Waals surface area contributed by atoms with Gasteiger partial charge in [-0.3, -0.25) is 0 Å². The topological polar surface area (TPSA) is 50.9 Å². The Bertz CT molecular complexity index is 397. The molecular formula is C10H11N3S. The van der Waals surface area contributed by atoms with Crippen LogP contribution in [0.1, 0.15) is 5.56 Å². The molecule has 0 aliphatic rings. The van der Waals surface area contributed by atoms with Gasteiger partial charge in [0.15, 0.2) is 5.13 Å². The lowest BCUT2D eigenvalue weighted by atomic mass is 10.2. The average molecular weight is 205 g/mol. The Hall–Kier alpha value is -1.55. The molecule has 2 aromatic rings. The summed E-state index contributed by atoms with van der Waals surface area (Å²) in [4.78, 5) is 4.11. The number of nitrogens with one attached hydrogen (secondary N) is 1. The van der Waals surface area contributed by atoms with Gasteiger partial charge in [-0.1, -0.05) is 30.3 Å². The van der Waals surface area contributed by atoms with Gasteiger partial charge in [-0.25, -0.2) is 4.98 Å². The van der Waals surface area contributed by atoms with Gasteiger partial charge in [0, 0.05) is 11.9 Å². The number of nitrogen functional groups attached to an aromatic ring is 1. The standard InChI is InChI=1S/C10H11N3S/c11-9-7-14-10(13-9)12-6-8-4-2-1-3-5-8/h1-5,7H,6,11H2,(H,12,13). The summed E-state index contributed by atoms with van der Waals surface area (Å²) in [6, 6.07) is 10.2. The summed E-state index contributed by atoms with van der Waals surface area (Å²) >= 11 is 1.52. The van der Waals surface area contributed by atoms with Gasteiger partial charge >= 0.3 is 0 Å². The molecular weight excluding hydrogens is 194 g/mol. The summed E-state index contributed by atoms with van der Waals surface area (Å²) in [5.41, 5.74) is 6.74. The van der Waals surface area contributed by atoms with Crippen LogP contribution in [0.3, 0.4) is 0 Å². The fraction of sp³-hybridized carbons (Fsp3) is 0.100. The molecule has 0 atom stereocenters. The maximum Gasteiger partial charge on any atom is 0.184 e. The van der Waals surface area contributed by atoms with E-state index in [0.29, 0.717) is 5.82 Å². The number of nitrogens with two attached hydrogens (primary N) is 1. The Morgan fingerprint density at radius 2 is 2.07 bits per heavy atom. The molecule has 3 nitrogen and oxygen atoms in total. The minimum absolute atomic E-state index is 0.575. The van der Waals surface area contributed by atoms with Gasteiger partial charge in [0.1, 0.15) is 5.82 Å². The summed E-state index contributed by atoms with van der Waals surface area (Å²) in [5, 5.41) is 5.90. The zero-order chi connectivity index (χ0) is 9.80. The van der Waals surface area contributed by atoms with Crippen LogP contribution < -0.4 is 11.1 Å². The summed E-state index contributed by atoms with van der Waals surface area (Å²) < 4.78 is 0. The quantitative estimate of drug-likeness (QED) is 0.808. The van der Waals surface area contributed by atoms with E-state index in [2.05, 4.69) is 22.4 Å². The smallest absolute Gasteiger partial charge is 0.184 e. The van der Waals surface area contributed by atoms with E-state index >= 15 is 0 Å². The highest BCUT2D eigenvalue weighted by molar-refractivity contribution is 7.14. The fourth-order valence-electron chi connectivity index (χ4n) is 1.14. The largest absolute Gasteiger partial charge is 0.383 e. The van der Waals surface area contributed by atoms with E-state index in [1.165, 1.54) is 16.9 Å². The molecule has 0 aliphatic carbocycles. The van der Waals surface area contributed by atoms with Gasteiger partial charge in [0.25, 0.3) is 0 Å². The average Bonchev–Trinajstić information content (AvgIpc) is 2.63. The van der Waals surface area contributed by atoms with Crippen molar-refractivity contribution in [1.82, 2.24) is 4.98 Å². The number of hydrogen-bond donors (Lipinski definition) is 2. The number of nitrogens with zero attached hydrogens (tertiary/aromatic N) is 1. The second-order valence-corrected chi connectivity index (χ2v) is 3.77. The molecule has 0 spiro atoms. The molecule has 0 bridgehead atoms. The van der Waals surface area contributed by atoms with E-state index in [4.69, 9.17) is 5.73 Å². The Kier molecular flexibility index (Phi) is 2.65. The first kappa shape index (κ1) is 9.02. The third-order valence-corrected chi connectivity index (χ3v) is 2.63. The number of rotatable bonds is 3. The Balaban J connectivity index is 1.95. The minimum atomic E-state index is 0.575. The van der Waals surface area contributed by atoms with E-state index in [9.17, 15) is 0 Å². The molecule has 0 fully saturated rings. The molecule has 1 aromatic carbocycles. The van der Waals surface area contributed by atoms with Gasteiger partial charge in [-0.15, -0.1) is 11.3 Å². The molecule has 3 N–H and O–H groups in total. The number of anilines is 2. The van der Waals surface area contributed by atoms with Crippen molar-refractivity contribution in [3.63, 3.8) is 0 Å². The number of benzene rings is 1. The first-order valence-electron chi connectivity index (χ1n) is 4.33. The van der Waals surface area contributed by atoms with Crippen molar-refractivity contribution in [2.24, 2.45) is 0 Å². The van der Waals surface area contributed by atoms with Crippen molar-refractivity contribution < 1.29 is 0 Å². The third-order valence-electron chi connectivity index (χ3n) is 1.81. The Labute approximate surface area is 86.6 Å².